The highest BCUT2D eigenvalue weighted by molar-refractivity contribution is 5.73. The predicted molar refractivity (Wildman–Crippen MR) is 72.6 cm³/mol. The smallest absolute Gasteiger partial charge is 0.317 e. The molecular weight excluding hydrogens is 278 g/mol. The average Bonchev–Trinajstić information content (AvgIpc) is 2.39. The molecule has 1 rings (SSSR count). The van der Waals surface area contributed by atoms with Crippen LogP contribution in [0.15, 0.2) is 18.2 Å². The molecule has 7 heteroatoms. The molecule has 1 N–H and O–H groups in total. The molecule has 1 aromatic rings. The summed E-state index contributed by atoms with van der Waals surface area (Å²) in [5, 5.41) is 19.6. The van der Waals surface area contributed by atoms with Crippen LogP contribution >= 0.6 is 0 Å². The maximum Gasteiger partial charge on any atom is 0.317 e. The second-order valence-corrected chi connectivity index (χ2v) is 3.95. The monoisotopic (exact) mass is 291 g/mol. The predicted octanol–water partition coefficient (Wildman–Crippen LogP) is 1.53. The van der Waals surface area contributed by atoms with Crippen LogP contribution in [0.25, 0.3) is 0 Å². The molecule has 7 nitrogen and oxygen atoms in total. The summed E-state index contributed by atoms with van der Waals surface area (Å²) in [6.45, 7) is 1.94. The van der Waals surface area contributed by atoms with E-state index in [1.165, 1.54) is 18.2 Å². The highest BCUT2D eigenvalue weighted by Crippen LogP contribution is 2.20. The highest BCUT2D eigenvalue weighted by Gasteiger charge is 2.16. The molecule has 0 unspecified atom stereocenters. The molecule has 0 radical (unpaired) electrons. The minimum atomic E-state index is -1.15. The van der Waals surface area contributed by atoms with Crippen LogP contribution < -0.4 is 0 Å². The van der Waals surface area contributed by atoms with E-state index >= 15 is 0 Å². The summed E-state index contributed by atoms with van der Waals surface area (Å²) < 4.78 is 4.69. The van der Waals surface area contributed by atoms with Gasteiger partial charge in [-0.05, 0) is 13.0 Å². The molecule has 0 amide bonds. The number of esters is 1. The van der Waals surface area contributed by atoms with Gasteiger partial charge in [-0.3, -0.25) is 19.7 Å². The number of benzene rings is 1. The zero-order chi connectivity index (χ0) is 15.8. The molecule has 0 aliphatic rings. The van der Waals surface area contributed by atoms with Gasteiger partial charge in [0.15, 0.2) is 0 Å². The van der Waals surface area contributed by atoms with Gasteiger partial charge in [0.05, 0.1) is 18.0 Å². The van der Waals surface area contributed by atoms with Gasteiger partial charge in [-0.25, -0.2) is 0 Å². The van der Waals surface area contributed by atoms with Crippen LogP contribution in [0.2, 0.25) is 0 Å². The second-order valence-electron chi connectivity index (χ2n) is 3.95. The van der Waals surface area contributed by atoms with Gasteiger partial charge in [-0.2, -0.15) is 0 Å². The number of rotatable bonds is 5. The number of ether oxygens (including phenoxy) is 1. The fraction of sp³-hybridized carbons (Fsp3) is 0.286. The van der Waals surface area contributed by atoms with Crippen molar-refractivity contribution in [2.24, 2.45) is 0 Å². The van der Waals surface area contributed by atoms with Crippen molar-refractivity contribution < 1.29 is 24.4 Å². The van der Waals surface area contributed by atoms with Crippen molar-refractivity contribution in [3.8, 4) is 11.8 Å². The number of aliphatic carboxylic acids is 1. The summed E-state index contributed by atoms with van der Waals surface area (Å²) in [6.07, 6.45) is -0.550. The zero-order valence-corrected chi connectivity index (χ0v) is 11.3. The van der Waals surface area contributed by atoms with Crippen LogP contribution in [0.1, 0.15) is 24.5 Å². The van der Waals surface area contributed by atoms with Gasteiger partial charge in [0, 0.05) is 17.2 Å². The first kappa shape index (κ1) is 16.2. The summed E-state index contributed by atoms with van der Waals surface area (Å²) in [7, 11) is 0. The fourth-order valence-corrected chi connectivity index (χ4v) is 1.55. The van der Waals surface area contributed by atoms with Crippen LogP contribution in [0.5, 0.6) is 0 Å². The summed E-state index contributed by atoms with van der Waals surface area (Å²) in [5.41, 5.74) is 0.129. The Hall–Kier alpha value is -2.88. The van der Waals surface area contributed by atoms with Crippen molar-refractivity contribution in [3.63, 3.8) is 0 Å². The number of nitro groups is 1. The highest BCUT2D eigenvalue weighted by atomic mass is 16.6. The number of hydrogen-bond donors (Lipinski definition) is 1. The maximum atomic E-state index is 11.1. The lowest BCUT2D eigenvalue weighted by Crippen LogP contribution is -2.04. The lowest BCUT2D eigenvalue weighted by Gasteiger charge is -2.00. The third kappa shape index (κ3) is 5.32. The number of carbonyl (C=O) groups excluding carboxylic acids is 1. The van der Waals surface area contributed by atoms with E-state index < -0.39 is 23.3 Å². The lowest BCUT2D eigenvalue weighted by atomic mass is 10.1. The Morgan fingerprint density at radius 2 is 2.14 bits per heavy atom. The summed E-state index contributed by atoms with van der Waals surface area (Å²) in [5.74, 6) is 3.53. The second kappa shape index (κ2) is 7.65. The van der Waals surface area contributed by atoms with Crippen molar-refractivity contribution in [1.82, 2.24) is 0 Å². The van der Waals surface area contributed by atoms with E-state index in [9.17, 15) is 19.7 Å². The van der Waals surface area contributed by atoms with Crippen LogP contribution in [0.4, 0.5) is 5.69 Å². The number of carbonyl (C=O) groups is 2. The quantitative estimate of drug-likeness (QED) is 0.381. The largest absolute Gasteiger partial charge is 0.481 e. The van der Waals surface area contributed by atoms with Gasteiger partial charge >= 0.3 is 11.9 Å². The first-order chi connectivity index (χ1) is 9.93. The van der Waals surface area contributed by atoms with Crippen LogP contribution in [-0.4, -0.2) is 28.6 Å². The Bertz CT molecular complexity index is 626. The molecule has 0 saturated carbocycles. The Balaban J connectivity index is 2.93. The Labute approximate surface area is 120 Å². The van der Waals surface area contributed by atoms with Gasteiger partial charge in [0.25, 0.3) is 5.69 Å². The third-order valence-corrected chi connectivity index (χ3v) is 2.39. The number of hydrogen-bond acceptors (Lipinski definition) is 5. The molecule has 1 aromatic carbocycles. The van der Waals surface area contributed by atoms with Crippen LogP contribution in [-0.2, 0) is 20.7 Å². The van der Waals surface area contributed by atoms with Gasteiger partial charge in [-0.15, -0.1) is 0 Å². The van der Waals surface area contributed by atoms with Crippen molar-refractivity contribution in [1.29, 1.82) is 0 Å². The summed E-state index contributed by atoms with van der Waals surface area (Å²) in [6, 6.07) is 4.01. The Morgan fingerprint density at radius 1 is 1.43 bits per heavy atom. The minimum absolute atomic E-state index is 0.100. The summed E-state index contributed by atoms with van der Waals surface area (Å²) in [4.78, 5) is 32.0. The van der Waals surface area contributed by atoms with Gasteiger partial charge < -0.3 is 9.84 Å². The molecule has 0 atom stereocenters. The lowest BCUT2D eigenvalue weighted by molar-refractivity contribution is -0.385. The zero-order valence-electron chi connectivity index (χ0n) is 11.3. The molecule has 0 aliphatic heterocycles. The number of carboxylic acid groups (broad SMARTS) is 1. The first-order valence-corrected chi connectivity index (χ1v) is 6.07. The fourth-order valence-electron chi connectivity index (χ4n) is 1.55. The van der Waals surface area contributed by atoms with Gasteiger partial charge in [0.1, 0.15) is 6.42 Å². The molecule has 0 aromatic heterocycles. The van der Waals surface area contributed by atoms with E-state index in [2.05, 4.69) is 16.6 Å². The average molecular weight is 291 g/mol. The van der Waals surface area contributed by atoms with Gasteiger partial charge in [0.2, 0.25) is 0 Å². The van der Waals surface area contributed by atoms with E-state index in [4.69, 9.17) is 5.11 Å². The molecule has 110 valence electrons. The molecule has 0 heterocycles. The van der Waals surface area contributed by atoms with E-state index in [1.807, 2.05) is 0 Å². The molecule has 21 heavy (non-hydrogen) atoms. The molecular formula is C14H13NO6. The third-order valence-electron chi connectivity index (χ3n) is 2.39. The van der Waals surface area contributed by atoms with E-state index in [0.717, 1.165) is 0 Å². The standard InChI is InChI=1S/C14H13NO6/c1-2-21-14(18)5-3-4-10-6-7-11(9-13(16)17)12(8-10)15(19)20/h6-8H,2,5,9H2,1H3,(H,16,17). The number of nitro benzene ring substituents is 1. The van der Waals surface area contributed by atoms with Crippen LogP contribution in [0, 0.1) is 22.0 Å². The Morgan fingerprint density at radius 3 is 2.71 bits per heavy atom. The normalized spacial score (nSPS) is 9.38. The molecule has 0 saturated heterocycles. The summed E-state index contributed by atoms with van der Waals surface area (Å²) >= 11 is 0. The maximum absolute atomic E-state index is 11.1. The van der Waals surface area contributed by atoms with E-state index in [-0.39, 0.29) is 24.3 Å². The number of nitrogens with zero attached hydrogens (tertiary/aromatic N) is 1. The molecule has 0 spiro atoms. The number of carboxylic acids is 1. The van der Waals surface area contributed by atoms with E-state index in [0.29, 0.717) is 5.56 Å². The first-order valence-electron chi connectivity index (χ1n) is 6.07. The van der Waals surface area contributed by atoms with Crippen molar-refractivity contribution >= 4 is 17.6 Å². The van der Waals surface area contributed by atoms with Crippen molar-refractivity contribution in [2.75, 3.05) is 6.61 Å². The Kier molecular flexibility index (Phi) is 5.89. The molecule has 0 fully saturated rings. The van der Waals surface area contributed by atoms with Crippen molar-refractivity contribution in [3.05, 3.63) is 39.4 Å². The minimum Gasteiger partial charge on any atom is -0.481 e. The van der Waals surface area contributed by atoms with Crippen LogP contribution in [0.3, 0.4) is 0 Å². The van der Waals surface area contributed by atoms with Gasteiger partial charge in [-0.1, -0.05) is 17.9 Å². The molecule has 0 bridgehead atoms. The molecule has 0 aliphatic carbocycles. The SMILES string of the molecule is CCOC(=O)CC#Cc1ccc(CC(=O)O)c([N+](=O)[O-])c1. The topological polar surface area (TPSA) is 107 Å². The van der Waals surface area contributed by atoms with Crippen molar-refractivity contribution in [2.45, 2.75) is 19.8 Å². The van der Waals surface area contributed by atoms with E-state index in [1.54, 1.807) is 6.92 Å².